The molecule has 134 valence electrons. The van der Waals surface area contributed by atoms with E-state index < -0.39 is 0 Å². The average Bonchev–Trinajstić information content (AvgIpc) is 3.07. The van der Waals surface area contributed by atoms with E-state index in [-0.39, 0.29) is 5.92 Å². The molecule has 7 nitrogen and oxygen atoms in total. The minimum absolute atomic E-state index is 0.187. The summed E-state index contributed by atoms with van der Waals surface area (Å²) in [7, 11) is 0. The highest BCUT2D eigenvalue weighted by Gasteiger charge is 2.27. The molecule has 1 saturated heterocycles. The first-order valence-corrected chi connectivity index (χ1v) is 8.82. The van der Waals surface area contributed by atoms with Crippen LogP contribution < -0.4 is 5.73 Å². The Morgan fingerprint density at radius 2 is 2.04 bits per heavy atom. The molecule has 0 radical (unpaired) electrons. The fraction of sp³-hybridized carbons (Fsp3) is 0.200. The molecular weight excluding hydrogens is 340 g/mol. The number of aromatic nitrogens is 5. The normalized spacial score (nSPS) is 14.4. The van der Waals surface area contributed by atoms with Crippen LogP contribution >= 0.6 is 0 Å². The average molecular weight is 358 g/mol. The van der Waals surface area contributed by atoms with Gasteiger partial charge in [-0.1, -0.05) is 12.1 Å². The number of rotatable bonds is 3. The van der Waals surface area contributed by atoms with E-state index in [0.717, 1.165) is 33.5 Å². The summed E-state index contributed by atoms with van der Waals surface area (Å²) in [6.45, 7) is 3.19. The van der Waals surface area contributed by atoms with E-state index in [1.54, 1.807) is 10.9 Å². The fourth-order valence-electron chi connectivity index (χ4n) is 3.26. The standard InChI is InChI=1S/C20H18N6O/c1-12-6-8-26(25-12)20-18(23-17(19(21)24-20)15-10-27-11-15)14-4-5-16-13(9-14)3-2-7-22-16/h2-9,15H,10-11H2,1H3,(H2,21,24). The third kappa shape index (κ3) is 2.72. The van der Waals surface area contributed by atoms with Crippen LogP contribution in [0.4, 0.5) is 5.82 Å². The van der Waals surface area contributed by atoms with Gasteiger partial charge in [0.1, 0.15) is 11.5 Å². The molecule has 1 aromatic carbocycles. The van der Waals surface area contributed by atoms with Crippen molar-refractivity contribution in [2.24, 2.45) is 0 Å². The van der Waals surface area contributed by atoms with E-state index in [9.17, 15) is 0 Å². The van der Waals surface area contributed by atoms with Crippen molar-refractivity contribution >= 4 is 16.7 Å². The lowest BCUT2D eigenvalue weighted by atomic mass is 10.0. The second-order valence-electron chi connectivity index (χ2n) is 6.71. The SMILES string of the molecule is Cc1ccn(-c2nc(N)c(C3COC3)nc2-c2ccc3ncccc3c2)n1. The highest BCUT2D eigenvalue weighted by Crippen LogP contribution is 2.32. The van der Waals surface area contributed by atoms with Gasteiger partial charge >= 0.3 is 0 Å². The predicted octanol–water partition coefficient (Wildman–Crippen LogP) is 2.88. The van der Waals surface area contributed by atoms with Crippen molar-refractivity contribution in [2.45, 2.75) is 12.8 Å². The second kappa shape index (κ2) is 6.14. The van der Waals surface area contributed by atoms with Crippen LogP contribution in [0.25, 0.3) is 28.0 Å². The van der Waals surface area contributed by atoms with Crippen molar-refractivity contribution in [1.82, 2.24) is 24.7 Å². The predicted molar refractivity (Wildman–Crippen MR) is 103 cm³/mol. The topological polar surface area (TPSA) is 91.7 Å². The molecule has 1 aliphatic heterocycles. The molecule has 0 spiro atoms. The molecule has 0 atom stereocenters. The Balaban J connectivity index is 1.73. The number of ether oxygens (including phenoxy) is 1. The van der Waals surface area contributed by atoms with Gasteiger partial charge < -0.3 is 10.5 Å². The molecule has 27 heavy (non-hydrogen) atoms. The van der Waals surface area contributed by atoms with Crippen LogP contribution in [0.2, 0.25) is 0 Å². The molecule has 0 bridgehead atoms. The molecule has 0 amide bonds. The Morgan fingerprint density at radius 3 is 2.78 bits per heavy atom. The number of nitrogens with zero attached hydrogens (tertiary/aromatic N) is 5. The Kier molecular flexibility index (Phi) is 3.61. The Hall–Kier alpha value is -3.32. The van der Waals surface area contributed by atoms with Gasteiger partial charge in [0.15, 0.2) is 5.82 Å². The van der Waals surface area contributed by atoms with Gasteiger partial charge in [-0.3, -0.25) is 4.98 Å². The zero-order chi connectivity index (χ0) is 18.4. The third-order valence-corrected chi connectivity index (χ3v) is 4.77. The number of hydrogen-bond acceptors (Lipinski definition) is 6. The Bertz CT molecular complexity index is 1150. The lowest BCUT2D eigenvalue weighted by Gasteiger charge is -2.26. The first-order chi connectivity index (χ1) is 13.2. The number of anilines is 1. The smallest absolute Gasteiger partial charge is 0.182 e. The highest BCUT2D eigenvalue weighted by atomic mass is 16.5. The fourth-order valence-corrected chi connectivity index (χ4v) is 3.26. The lowest BCUT2D eigenvalue weighted by Crippen LogP contribution is -2.28. The number of aryl methyl sites for hydroxylation is 1. The van der Waals surface area contributed by atoms with E-state index in [0.29, 0.717) is 24.8 Å². The molecule has 3 aromatic heterocycles. The van der Waals surface area contributed by atoms with Gasteiger partial charge in [0, 0.05) is 23.3 Å². The summed E-state index contributed by atoms with van der Waals surface area (Å²) in [6, 6.07) is 12.0. The highest BCUT2D eigenvalue weighted by molar-refractivity contribution is 5.85. The zero-order valence-corrected chi connectivity index (χ0v) is 14.8. The maximum atomic E-state index is 6.23. The molecule has 2 N–H and O–H groups in total. The summed E-state index contributed by atoms with van der Waals surface area (Å²) >= 11 is 0. The number of fused-ring (bicyclic) bond motifs is 1. The summed E-state index contributed by atoms with van der Waals surface area (Å²) in [5, 5.41) is 5.55. The van der Waals surface area contributed by atoms with Crippen molar-refractivity contribution in [3.05, 3.63) is 60.2 Å². The Morgan fingerprint density at radius 1 is 1.15 bits per heavy atom. The Labute approximate surface area is 155 Å². The third-order valence-electron chi connectivity index (χ3n) is 4.77. The molecule has 1 aliphatic rings. The van der Waals surface area contributed by atoms with Crippen molar-refractivity contribution in [3.63, 3.8) is 0 Å². The number of nitrogens with two attached hydrogens (primary N) is 1. The van der Waals surface area contributed by atoms with E-state index in [1.165, 1.54) is 0 Å². The molecule has 0 saturated carbocycles. The van der Waals surface area contributed by atoms with Crippen molar-refractivity contribution in [3.8, 4) is 17.1 Å². The van der Waals surface area contributed by atoms with Gasteiger partial charge in [0.05, 0.1) is 36.0 Å². The summed E-state index contributed by atoms with van der Waals surface area (Å²) < 4.78 is 7.04. The van der Waals surface area contributed by atoms with Crippen LogP contribution in [-0.4, -0.2) is 37.9 Å². The summed E-state index contributed by atoms with van der Waals surface area (Å²) in [4.78, 5) is 14.0. The summed E-state index contributed by atoms with van der Waals surface area (Å²) in [6.07, 6.45) is 3.66. The molecule has 0 unspecified atom stereocenters. The minimum Gasteiger partial charge on any atom is -0.382 e. The van der Waals surface area contributed by atoms with Crippen LogP contribution in [0.1, 0.15) is 17.3 Å². The van der Waals surface area contributed by atoms with Crippen molar-refractivity contribution in [1.29, 1.82) is 0 Å². The first-order valence-electron chi connectivity index (χ1n) is 8.82. The lowest BCUT2D eigenvalue weighted by molar-refractivity contribution is 0.00695. The monoisotopic (exact) mass is 358 g/mol. The molecule has 0 aliphatic carbocycles. The van der Waals surface area contributed by atoms with Crippen LogP contribution in [0.5, 0.6) is 0 Å². The van der Waals surface area contributed by atoms with Crippen LogP contribution in [0.15, 0.2) is 48.8 Å². The van der Waals surface area contributed by atoms with Gasteiger partial charge in [-0.05, 0) is 31.2 Å². The maximum Gasteiger partial charge on any atom is 0.182 e. The van der Waals surface area contributed by atoms with E-state index in [1.807, 2.05) is 43.5 Å². The summed E-state index contributed by atoms with van der Waals surface area (Å²) in [5.41, 5.74) is 10.6. The van der Waals surface area contributed by atoms with E-state index in [4.69, 9.17) is 15.5 Å². The van der Waals surface area contributed by atoms with E-state index >= 15 is 0 Å². The molecule has 1 fully saturated rings. The summed E-state index contributed by atoms with van der Waals surface area (Å²) in [5.74, 6) is 1.23. The molecular formula is C20H18N6O. The largest absolute Gasteiger partial charge is 0.382 e. The zero-order valence-electron chi connectivity index (χ0n) is 14.8. The van der Waals surface area contributed by atoms with Crippen molar-refractivity contribution < 1.29 is 4.74 Å². The van der Waals surface area contributed by atoms with Gasteiger partial charge in [-0.2, -0.15) is 5.10 Å². The van der Waals surface area contributed by atoms with Crippen molar-refractivity contribution in [2.75, 3.05) is 18.9 Å². The molecule has 7 heteroatoms. The van der Waals surface area contributed by atoms with Crippen LogP contribution in [-0.2, 0) is 4.74 Å². The molecule has 4 aromatic rings. The van der Waals surface area contributed by atoms with Gasteiger partial charge in [-0.25, -0.2) is 14.6 Å². The van der Waals surface area contributed by atoms with Gasteiger partial charge in [0.2, 0.25) is 0 Å². The van der Waals surface area contributed by atoms with Gasteiger partial charge in [-0.15, -0.1) is 0 Å². The number of nitrogen functional groups attached to an aromatic ring is 1. The number of hydrogen-bond donors (Lipinski definition) is 1. The molecule has 4 heterocycles. The second-order valence-corrected chi connectivity index (χ2v) is 6.71. The van der Waals surface area contributed by atoms with Gasteiger partial charge in [0.25, 0.3) is 0 Å². The quantitative estimate of drug-likeness (QED) is 0.605. The van der Waals surface area contributed by atoms with Crippen LogP contribution in [0, 0.1) is 6.92 Å². The number of pyridine rings is 1. The number of benzene rings is 1. The van der Waals surface area contributed by atoms with E-state index in [2.05, 4.69) is 21.1 Å². The minimum atomic E-state index is 0.187. The van der Waals surface area contributed by atoms with Crippen LogP contribution in [0.3, 0.4) is 0 Å². The maximum absolute atomic E-state index is 6.23. The first kappa shape index (κ1) is 15.9. The molecule has 5 rings (SSSR count).